The van der Waals surface area contributed by atoms with E-state index in [1.807, 2.05) is 0 Å². The highest BCUT2D eigenvalue weighted by molar-refractivity contribution is 4.47. The van der Waals surface area contributed by atoms with Crippen molar-refractivity contribution in [2.45, 2.75) is 0 Å². The second-order valence-electron chi connectivity index (χ2n) is 0.537. The van der Waals surface area contributed by atoms with Crippen molar-refractivity contribution in [3.63, 3.8) is 0 Å². The van der Waals surface area contributed by atoms with Crippen LogP contribution in [0, 0.1) is 6.92 Å². The van der Waals surface area contributed by atoms with E-state index in [9.17, 15) is 0 Å². The zero-order valence-corrected chi connectivity index (χ0v) is 3.11. The first kappa shape index (κ1) is 4.54. The average Bonchev–Trinajstić information content (AvgIpc) is 1.41. The van der Waals surface area contributed by atoms with Gasteiger partial charge >= 0.3 is 0 Å². The van der Waals surface area contributed by atoms with Gasteiger partial charge in [0, 0.05) is 0 Å². The number of hydrogen-bond acceptors (Lipinski definition) is 1. The van der Waals surface area contributed by atoms with Crippen LogP contribution in [-0.2, 0) is 4.74 Å². The monoisotopic (exact) mass is 71.0 g/mol. The first-order chi connectivity index (χ1) is 2.41. The topological polar surface area (TPSA) is 9.23 Å². The minimum Gasteiger partial charge on any atom is -0.502 e. The maximum atomic E-state index is 4.49. The maximum absolute atomic E-state index is 4.49. The average molecular weight is 71.1 g/mol. The zero-order valence-electron chi connectivity index (χ0n) is 3.11. The molecule has 0 fully saturated rings. The van der Waals surface area contributed by atoms with Crippen LogP contribution in [0.3, 0.4) is 0 Å². The lowest BCUT2D eigenvalue weighted by Gasteiger charge is -1.84. The molecule has 0 aromatic rings. The van der Waals surface area contributed by atoms with Gasteiger partial charge in [-0.05, 0) is 6.92 Å². The Labute approximate surface area is 32.3 Å². The molecule has 0 spiro atoms. The fourth-order valence-electron chi connectivity index (χ4n) is 0.0833. The fourth-order valence-corrected chi connectivity index (χ4v) is 0.0833. The van der Waals surface area contributed by atoms with Gasteiger partial charge in [0.2, 0.25) is 0 Å². The summed E-state index contributed by atoms with van der Waals surface area (Å²) in [5.41, 5.74) is 0. The molecule has 0 N–H and O–H groups in total. The van der Waals surface area contributed by atoms with E-state index in [2.05, 4.69) is 18.2 Å². The molecule has 0 atom stereocenters. The number of rotatable bonds is 2. The van der Waals surface area contributed by atoms with Gasteiger partial charge in [-0.1, -0.05) is 6.58 Å². The summed E-state index contributed by atoms with van der Waals surface area (Å²) in [6.45, 7) is 7.15. The summed E-state index contributed by atoms with van der Waals surface area (Å²) >= 11 is 0. The Morgan fingerprint density at radius 3 is 2.40 bits per heavy atom. The summed E-state index contributed by atoms with van der Waals surface area (Å²) in [5, 5.41) is 0. The lowest BCUT2D eigenvalue weighted by molar-refractivity contribution is 0.289. The molecule has 0 aliphatic carbocycles. The summed E-state index contributed by atoms with van der Waals surface area (Å²) in [5.74, 6) is 0. The highest BCUT2D eigenvalue weighted by Gasteiger charge is 1.56. The van der Waals surface area contributed by atoms with Crippen LogP contribution in [0.4, 0.5) is 0 Å². The van der Waals surface area contributed by atoms with Crippen molar-refractivity contribution in [1.82, 2.24) is 0 Å². The van der Waals surface area contributed by atoms with Crippen molar-refractivity contribution < 1.29 is 4.74 Å². The molecule has 0 aliphatic rings. The van der Waals surface area contributed by atoms with Gasteiger partial charge in [-0.15, -0.1) is 0 Å². The minimum absolute atomic E-state index is 0.476. The largest absolute Gasteiger partial charge is 0.502 e. The molecule has 1 heteroatoms. The summed E-state index contributed by atoms with van der Waals surface area (Å²) in [7, 11) is 0. The second-order valence-corrected chi connectivity index (χ2v) is 0.537. The molecular weight excluding hydrogens is 64.0 g/mol. The van der Waals surface area contributed by atoms with Gasteiger partial charge in [0.1, 0.15) is 0 Å². The third-order valence-corrected chi connectivity index (χ3v) is 0.236. The van der Waals surface area contributed by atoms with Crippen molar-refractivity contribution in [3.8, 4) is 0 Å². The highest BCUT2D eigenvalue weighted by Crippen LogP contribution is 1.64. The Morgan fingerprint density at radius 2 is 2.40 bits per heavy atom. The number of ether oxygens (including phenoxy) is 1. The lowest BCUT2D eigenvalue weighted by Crippen LogP contribution is -1.72. The number of hydrogen-bond donors (Lipinski definition) is 0. The normalized spacial score (nSPS) is 6.60. The van der Waals surface area contributed by atoms with Crippen molar-refractivity contribution in [2.75, 3.05) is 6.61 Å². The van der Waals surface area contributed by atoms with E-state index in [0.717, 1.165) is 0 Å². The van der Waals surface area contributed by atoms with E-state index >= 15 is 0 Å². The van der Waals surface area contributed by atoms with Gasteiger partial charge in [0.25, 0.3) is 0 Å². The summed E-state index contributed by atoms with van der Waals surface area (Å²) < 4.78 is 4.49. The van der Waals surface area contributed by atoms with Crippen molar-refractivity contribution in [2.24, 2.45) is 0 Å². The van der Waals surface area contributed by atoms with E-state index in [0.29, 0.717) is 6.61 Å². The molecule has 0 aliphatic heterocycles. The molecular formula is C4H7O. The lowest BCUT2D eigenvalue weighted by atomic mass is 10.9. The molecule has 0 unspecified atom stereocenters. The van der Waals surface area contributed by atoms with E-state index in [4.69, 9.17) is 0 Å². The summed E-state index contributed by atoms with van der Waals surface area (Å²) in [4.78, 5) is 0. The maximum Gasteiger partial charge on any atom is 0.0874 e. The quantitative estimate of drug-likeness (QED) is 0.441. The molecule has 0 aromatic heterocycles. The molecule has 1 radical (unpaired) electrons. The second kappa shape index (κ2) is 3.54. The van der Waals surface area contributed by atoms with Gasteiger partial charge in [-0.25, -0.2) is 0 Å². The molecule has 0 aromatic carbocycles. The molecule has 5 heavy (non-hydrogen) atoms. The van der Waals surface area contributed by atoms with Crippen LogP contribution in [0.2, 0.25) is 0 Å². The van der Waals surface area contributed by atoms with Gasteiger partial charge in [0.05, 0.1) is 12.9 Å². The van der Waals surface area contributed by atoms with Crippen LogP contribution in [0.1, 0.15) is 0 Å². The molecule has 0 amide bonds. The summed E-state index contributed by atoms with van der Waals surface area (Å²) in [6, 6.07) is 0. The first-order valence-corrected chi connectivity index (χ1v) is 1.43. The van der Waals surface area contributed by atoms with E-state index < -0.39 is 0 Å². The molecule has 0 bridgehead atoms. The Balaban J connectivity index is 2.40. The highest BCUT2D eigenvalue weighted by atomic mass is 16.5. The Morgan fingerprint density at radius 1 is 1.80 bits per heavy atom. The van der Waals surface area contributed by atoms with Gasteiger partial charge in [-0.2, -0.15) is 0 Å². The smallest absolute Gasteiger partial charge is 0.0874 e. The van der Waals surface area contributed by atoms with Gasteiger partial charge < -0.3 is 4.74 Å². The van der Waals surface area contributed by atoms with Crippen LogP contribution in [0.25, 0.3) is 0 Å². The minimum atomic E-state index is 0.476. The molecule has 0 heterocycles. The zero-order chi connectivity index (χ0) is 4.12. The third-order valence-electron chi connectivity index (χ3n) is 0.236. The third kappa shape index (κ3) is 3.54. The summed E-state index contributed by atoms with van der Waals surface area (Å²) in [6.07, 6.45) is 1.37. The molecule has 29 valence electrons. The van der Waals surface area contributed by atoms with Crippen LogP contribution in [0.5, 0.6) is 0 Å². The van der Waals surface area contributed by atoms with Crippen LogP contribution in [0.15, 0.2) is 12.8 Å². The standard InChI is InChI=1S/C4H7O/c1-3-5-4-2/h3H,1-2,4H2. The van der Waals surface area contributed by atoms with Crippen molar-refractivity contribution in [1.29, 1.82) is 0 Å². The van der Waals surface area contributed by atoms with Gasteiger partial charge in [-0.3, -0.25) is 0 Å². The van der Waals surface area contributed by atoms with Gasteiger partial charge in [0.15, 0.2) is 0 Å². The van der Waals surface area contributed by atoms with E-state index in [1.54, 1.807) is 0 Å². The van der Waals surface area contributed by atoms with Crippen LogP contribution < -0.4 is 0 Å². The van der Waals surface area contributed by atoms with Crippen molar-refractivity contribution in [3.05, 3.63) is 19.8 Å². The predicted octanol–water partition coefficient (Wildman–Crippen LogP) is 0.981. The molecule has 0 saturated heterocycles. The fraction of sp³-hybridized carbons (Fsp3) is 0.250. The van der Waals surface area contributed by atoms with Crippen LogP contribution >= 0.6 is 0 Å². The van der Waals surface area contributed by atoms with E-state index in [1.165, 1.54) is 6.26 Å². The molecule has 0 rings (SSSR count). The first-order valence-electron chi connectivity index (χ1n) is 1.43. The SMILES string of the molecule is [CH2]COC=C. The predicted molar refractivity (Wildman–Crippen MR) is 21.5 cm³/mol. The molecule has 1 nitrogen and oxygen atoms in total. The van der Waals surface area contributed by atoms with Crippen molar-refractivity contribution >= 4 is 0 Å². The Kier molecular flexibility index (Phi) is 3.21. The van der Waals surface area contributed by atoms with Crippen LogP contribution in [-0.4, -0.2) is 6.61 Å². The Hall–Kier alpha value is -0.460. The van der Waals surface area contributed by atoms with E-state index in [-0.39, 0.29) is 0 Å². The molecule has 0 saturated carbocycles. The Bertz CT molecular complexity index is 24.8.